The fourth-order valence-corrected chi connectivity index (χ4v) is 1.11. The van der Waals surface area contributed by atoms with E-state index in [-0.39, 0.29) is 5.41 Å². The largest absolute Gasteiger partial charge is 0.368 e. The zero-order valence-electron chi connectivity index (χ0n) is 9.33. The number of nitrogen functional groups attached to an aromatic ring is 1. The van der Waals surface area contributed by atoms with Crippen molar-refractivity contribution < 1.29 is 0 Å². The van der Waals surface area contributed by atoms with Crippen LogP contribution >= 0.6 is 0 Å². The third-order valence-electron chi connectivity index (χ3n) is 1.84. The Morgan fingerprint density at radius 1 is 1.14 bits per heavy atom. The highest BCUT2D eigenvalue weighted by molar-refractivity contribution is 5.18. The molecule has 0 aliphatic carbocycles. The van der Waals surface area contributed by atoms with Crippen LogP contribution in [0.15, 0.2) is 0 Å². The first-order chi connectivity index (χ1) is 6.43. The molecule has 1 rings (SSSR count). The van der Waals surface area contributed by atoms with Gasteiger partial charge in [-0.25, -0.2) is 4.98 Å². The molecule has 14 heavy (non-hydrogen) atoms. The first-order valence-electron chi connectivity index (χ1n) is 4.94. The molecule has 0 atom stereocenters. The number of hydrogen-bond acceptors (Lipinski definition) is 4. The third-order valence-corrected chi connectivity index (χ3v) is 1.84. The number of hydrogen-bond donors (Lipinski definition) is 1. The monoisotopic (exact) mass is 194 g/mol. The van der Waals surface area contributed by atoms with Crippen LogP contribution in [0.2, 0.25) is 0 Å². The van der Waals surface area contributed by atoms with Crippen molar-refractivity contribution in [2.75, 3.05) is 5.73 Å². The highest BCUT2D eigenvalue weighted by Gasteiger charge is 2.18. The van der Waals surface area contributed by atoms with Gasteiger partial charge in [-0.1, -0.05) is 27.7 Å². The Bertz CT molecular complexity index is 314. The summed E-state index contributed by atoms with van der Waals surface area (Å²) in [6.07, 6.45) is 1.88. The van der Waals surface area contributed by atoms with Gasteiger partial charge in [0.25, 0.3) is 0 Å². The molecule has 0 aromatic carbocycles. The van der Waals surface area contributed by atoms with Gasteiger partial charge < -0.3 is 5.73 Å². The summed E-state index contributed by atoms with van der Waals surface area (Å²) in [6.45, 7) is 8.29. The predicted molar refractivity (Wildman–Crippen MR) is 56.9 cm³/mol. The molecule has 1 aromatic rings. The Morgan fingerprint density at radius 3 is 2.29 bits per heavy atom. The van der Waals surface area contributed by atoms with Crippen LogP contribution < -0.4 is 5.73 Å². The molecule has 0 aliphatic rings. The maximum atomic E-state index is 5.62. The second kappa shape index (κ2) is 3.90. The summed E-state index contributed by atoms with van der Waals surface area (Å²) in [5.74, 6) is 1.90. The van der Waals surface area contributed by atoms with E-state index >= 15 is 0 Å². The van der Waals surface area contributed by atoms with Crippen molar-refractivity contribution in [2.24, 2.45) is 0 Å². The van der Waals surface area contributed by atoms with Crippen LogP contribution in [0.4, 0.5) is 5.95 Å². The van der Waals surface area contributed by atoms with E-state index in [1.54, 1.807) is 0 Å². The van der Waals surface area contributed by atoms with Crippen LogP contribution in [0.5, 0.6) is 0 Å². The molecule has 0 radical (unpaired) electrons. The Morgan fingerprint density at radius 2 is 1.79 bits per heavy atom. The fourth-order valence-electron chi connectivity index (χ4n) is 1.11. The lowest BCUT2D eigenvalue weighted by Gasteiger charge is -2.16. The second-order valence-corrected chi connectivity index (χ2v) is 4.43. The van der Waals surface area contributed by atoms with Crippen molar-refractivity contribution in [3.8, 4) is 0 Å². The molecule has 0 spiro atoms. The highest BCUT2D eigenvalue weighted by atomic mass is 15.1. The maximum absolute atomic E-state index is 5.62. The quantitative estimate of drug-likeness (QED) is 0.778. The SMILES string of the molecule is CCCc1nc(N)nc(C(C)(C)C)n1. The highest BCUT2D eigenvalue weighted by Crippen LogP contribution is 2.18. The summed E-state index contributed by atoms with van der Waals surface area (Å²) < 4.78 is 0. The lowest BCUT2D eigenvalue weighted by molar-refractivity contribution is 0.536. The van der Waals surface area contributed by atoms with Crippen molar-refractivity contribution in [1.29, 1.82) is 0 Å². The summed E-state index contributed by atoms with van der Waals surface area (Å²) in [5, 5.41) is 0. The fraction of sp³-hybridized carbons (Fsp3) is 0.700. The Labute approximate surface area is 85.0 Å². The Kier molecular flexibility index (Phi) is 3.03. The summed E-state index contributed by atoms with van der Waals surface area (Å²) in [7, 11) is 0. The molecule has 0 bridgehead atoms. The van der Waals surface area contributed by atoms with Gasteiger partial charge in [-0.3, -0.25) is 0 Å². The van der Waals surface area contributed by atoms with Crippen LogP contribution in [0.1, 0.15) is 45.8 Å². The Hall–Kier alpha value is -1.19. The van der Waals surface area contributed by atoms with Crippen LogP contribution in [0, 0.1) is 0 Å². The van der Waals surface area contributed by atoms with Crippen LogP contribution in [0.3, 0.4) is 0 Å². The molecule has 0 aliphatic heterocycles. The minimum absolute atomic E-state index is 0.0699. The van der Waals surface area contributed by atoms with Crippen LogP contribution in [-0.4, -0.2) is 15.0 Å². The van der Waals surface area contributed by atoms with Crippen molar-refractivity contribution in [3.05, 3.63) is 11.6 Å². The molecule has 0 saturated heterocycles. The van der Waals surface area contributed by atoms with Gasteiger partial charge in [0.05, 0.1) is 0 Å². The van der Waals surface area contributed by atoms with Gasteiger partial charge in [0.15, 0.2) is 0 Å². The normalized spacial score (nSPS) is 11.7. The number of nitrogens with zero attached hydrogens (tertiary/aromatic N) is 3. The molecule has 0 unspecified atom stereocenters. The van der Waals surface area contributed by atoms with E-state index in [1.807, 2.05) is 0 Å². The van der Waals surface area contributed by atoms with E-state index in [4.69, 9.17) is 5.73 Å². The smallest absolute Gasteiger partial charge is 0.223 e. The number of nitrogens with two attached hydrogens (primary N) is 1. The molecule has 0 amide bonds. The van der Waals surface area contributed by atoms with Crippen molar-refractivity contribution in [2.45, 2.75) is 46.0 Å². The van der Waals surface area contributed by atoms with Gasteiger partial charge in [0.2, 0.25) is 5.95 Å². The molecule has 2 N–H and O–H groups in total. The minimum atomic E-state index is -0.0699. The van der Waals surface area contributed by atoms with Gasteiger partial charge in [0.1, 0.15) is 11.6 Å². The Balaban J connectivity index is 3.07. The zero-order valence-corrected chi connectivity index (χ0v) is 9.33. The average molecular weight is 194 g/mol. The minimum Gasteiger partial charge on any atom is -0.368 e. The molecular formula is C10H18N4. The molecule has 0 fully saturated rings. The molecule has 1 aromatic heterocycles. The molecular weight excluding hydrogens is 176 g/mol. The number of aryl methyl sites for hydroxylation is 1. The predicted octanol–water partition coefficient (Wildman–Crippen LogP) is 1.70. The molecule has 4 heteroatoms. The van der Waals surface area contributed by atoms with Crippen molar-refractivity contribution >= 4 is 5.95 Å². The van der Waals surface area contributed by atoms with Gasteiger partial charge in [-0.2, -0.15) is 9.97 Å². The van der Waals surface area contributed by atoms with E-state index in [0.717, 1.165) is 24.5 Å². The van der Waals surface area contributed by atoms with E-state index in [9.17, 15) is 0 Å². The summed E-state index contributed by atoms with van der Waals surface area (Å²) in [5.41, 5.74) is 5.55. The average Bonchev–Trinajstić information content (AvgIpc) is 2.02. The zero-order chi connectivity index (χ0) is 10.8. The van der Waals surface area contributed by atoms with E-state index in [0.29, 0.717) is 5.95 Å². The van der Waals surface area contributed by atoms with E-state index in [2.05, 4.69) is 42.6 Å². The van der Waals surface area contributed by atoms with Crippen molar-refractivity contribution in [3.63, 3.8) is 0 Å². The first-order valence-corrected chi connectivity index (χ1v) is 4.94. The molecule has 0 saturated carbocycles. The third kappa shape index (κ3) is 2.65. The maximum Gasteiger partial charge on any atom is 0.223 e. The summed E-state index contributed by atoms with van der Waals surface area (Å²) in [4.78, 5) is 12.6. The van der Waals surface area contributed by atoms with Crippen molar-refractivity contribution in [1.82, 2.24) is 15.0 Å². The standard InChI is InChI=1S/C10H18N4/c1-5-6-7-12-8(10(2,3)4)14-9(11)13-7/h5-6H2,1-4H3,(H2,11,12,13,14). The second-order valence-electron chi connectivity index (χ2n) is 4.43. The van der Waals surface area contributed by atoms with Gasteiger partial charge in [0, 0.05) is 11.8 Å². The van der Waals surface area contributed by atoms with Crippen LogP contribution in [0.25, 0.3) is 0 Å². The summed E-state index contributed by atoms with van der Waals surface area (Å²) in [6, 6.07) is 0. The first kappa shape index (κ1) is 10.9. The van der Waals surface area contributed by atoms with E-state index < -0.39 is 0 Å². The van der Waals surface area contributed by atoms with E-state index in [1.165, 1.54) is 0 Å². The van der Waals surface area contributed by atoms with Gasteiger partial charge in [-0.05, 0) is 6.42 Å². The molecule has 1 heterocycles. The lowest BCUT2D eigenvalue weighted by atomic mass is 9.96. The number of aromatic nitrogens is 3. The number of anilines is 1. The topological polar surface area (TPSA) is 64.7 Å². The molecule has 4 nitrogen and oxygen atoms in total. The van der Waals surface area contributed by atoms with Gasteiger partial charge in [-0.15, -0.1) is 0 Å². The van der Waals surface area contributed by atoms with Gasteiger partial charge >= 0.3 is 0 Å². The molecule has 78 valence electrons. The van der Waals surface area contributed by atoms with Crippen LogP contribution in [-0.2, 0) is 11.8 Å². The lowest BCUT2D eigenvalue weighted by Crippen LogP contribution is -2.19. The number of rotatable bonds is 2. The summed E-state index contributed by atoms with van der Waals surface area (Å²) >= 11 is 0.